The Morgan fingerprint density at radius 2 is 2.12 bits per heavy atom. The third-order valence-electron chi connectivity index (χ3n) is 2.57. The van der Waals surface area contributed by atoms with E-state index < -0.39 is 0 Å². The number of benzene rings is 1. The van der Waals surface area contributed by atoms with E-state index in [4.69, 9.17) is 9.47 Å². The number of methoxy groups -OCH3 is 2. The Morgan fingerprint density at radius 1 is 1.35 bits per heavy atom. The van der Waals surface area contributed by atoms with Crippen molar-refractivity contribution in [2.45, 2.75) is 19.4 Å². The summed E-state index contributed by atoms with van der Waals surface area (Å²) in [5, 5.41) is 3.41. The second-order valence-corrected chi connectivity index (χ2v) is 4.79. The van der Waals surface area contributed by atoms with Crippen molar-refractivity contribution in [3.05, 3.63) is 28.2 Å². The quantitative estimate of drug-likeness (QED) is 0.840. The van der Waals surface area contributed by atoms with E-state index in [9.17, 15) is 0 Å². The molecule has 0 aliphatic carbocycles. The normalized spacial score (nSPS) is 12.5. The Labute approximate surface area is 112 Å². The molecule has 0 aromatic heterocycles. The maximum absolute atomic E-state index is 5.37. The molecule has 0 aliphatic heterocycles. The maximum Gasteiger partial charge on any atom is 0.122 e. The highest BCUT2D eigenvalue weighted by atomic mass is 79.9. The van der Waals surface area contributed by atoms with E-state index in [1.807, 2.05) is 12.1 Å². The average molecular weight is 302 g/mol. The lowest BCUT2D eigenvalue weighted by molar-refractivity contribution is 0.166. The van der Waals surface area contributed by atoms with Gasteiger partial charge in [-0.25, -0.2) is 0 Å². The van der Waals surface area contributed by atoms with Gasteiger partial charge in [0.1, 0.15) is 5.75 Å². The summed E-state index contributed by atoms with van der Waals surface area (Å²) < 4.78 is 11.7. The molecule has 0 bridgehead atoms. The molecule has 0 heterocycles. The fraction of sp³-hybridized carbons (Fsp3) is 0.538. The highest BCUT2D eigenvalue weighted by Crippen LogP contribution is 2.24. The van der Waals surface area contributed by atoms with Gasteiger partial charge in [0.05, 0.1) is 13.7 Å². The van der Waals surface area contributed by atoms with E-state index in [2.05, 4.69) is 34.2 Å². The summed E-state index contributed by atoms with van der Waals surface area (Å²) >= 11 is 3.49. The van der Waals surface area contributed by atoms with Crippen LogP contribution in [0, 0.1) is 0 Å². The van der Waals surface area contributed by atoms with Gasteiger partial charge in [-0.1, -0.05) is 22.9 Å². The lowest BCUT2D eigenvalue weighted by atomic mass is 10.1. The summed E-state index contributed by atoms with van der Waals surface area (Å²) in [5.41, 5.74) is 1.19. The topological polar surface area (TPSA) is 30.5 Å². The van der Waals surface area contributed by atoms with Crippen molar-refractivity contribution >= 4 is 15.9 Å². The highest BCUT2D eigenvalue weighted by molar-refractivity contribution is 9.10. The van der Waals surface area contributed by atoms with Gasteiger partial charge in [0.2, 0.25) is 0 Å². The second-order valence-electron chi connectivity index (χ2n) is 3.87. The Balaban J connectivity index is 2.79. The number of halogens is 1. The zero-order valence-electron chi connectivity index (χ0n) is 10.6. The zero-order valence-corrected chi connectivity index (χ0v) is 12.2. The van der Waals surface area contributed by atoms with Gasteiger partial charge in [-0.3, -0.25) is 0 Å². The van der Waals surface area contributed by atoms with Crippen LogP contribution in [0.4, 0.5) is 0 Å². The summed E-state index contributed by atoms with van der Waals surface area (Å²) in [5.74, 6) is 0.923. The number of rotatable bonds is 7. The highest BCUT2D eigenvalue weighted by Gasteiger charge is 2.12. The van der Waals surface area contributed by atoms with Crippen LogP contribution in [0.25, 0.3) is 0 Å². The van der Waals surface area contributed by atoms with Gasteiger partial charge in [0, 0.05) is 17.6 Å². The van der Waals surface area contributed by atoms with Crippen LogP contribution in [0.3, 0.4) is 0 Å². The van der Waals surface area contributed by atoms with Crippen LogP contribution in [-0.2, 0) is 11.2 Å². The van der Waals surface area contributed by atoms with Gasteiger partial charge in [0.25, 0.3) is 0 Å². The van der Waals surface area contributed by atoms with Gasteiger partial charge >= 0.3 is 0 Å². The second kappa shape index (κ2) is 7.69. The number of nitrogens with one attached hydrogen (secondary N) is 1. The third kappa shape index (κ3) is 4.66. The first kappa shape index (κ1) is 14.5. The zero-order chi connectivity index (χ0) is 12.7. The average Bonchev–Trinajstić information content (AvgIpc) is 2.30. The summed E-state index contributed by atoms with van der Waals surface area (Å²) in [7, 11) is 3.42. The molecule has 96 valence electrons. The third-order valence-corrected chi connectivity index (χ3v) is 3.06. The molecule has 0 saturated heterocycles. The van der Waals surface area contributed by atoms with Gasteiger partial charge in [-0.15, -0.1) is 0 Å². The first-order valence-corrected chi connectivity index (χ1v) is 6.55. The minimum Gasteiger partial charge on any atom is -0.496 e. The minimum absolute atomic E-state index is 0.313. The molecule has 0 radical (unpaired) electrons. The van der Waals surface area contributed by atoms with Crippen LogP contribution in [-0.4, -0.2) is 33.4 Å². The van der Waals surface area contributed by atoms with Crippen LogP contribution in [0.5, 0.6) is 5.75 Å². The van der Waals surface area contributed by atoms with E-state index in [1.54, 1.807) is 14.2 Å². The summed E-state index contributed by atoms with van der Waals surface area (Å²) in [6.45, 7) is 3.73. The van der Waals surface area contributed by atoms with Crippen LogP contribution in [0.2, 0.25) is 0 Å². The van der Waals surface area contributed by atoms with E-state index >= 15 is 0 Å². The Morgan fingerprint density at radius 3 is 2.71 bits per heavy atom. The lowest BCUT2D eigenvalue weighted by Gasteiger charge is -2.18. The summed E-state index contributed by atoms with van der Waals surface area (Å²) in [6.07, 6.45) is 0.893. The van der Waals surface area contributed by atoms with Crippen molar-refractivity contribution in [1.29, 1.82) is 0 Å². The van der Waals surface area contributed by atoms with Gasteiger partial charge in [-0.2, -0.15) is 0 Å². The molecule has 1 rings (SSSR count). The molecule has 17 heavy (non-hydrogen) atoms. The van der Waals surface area contributed by atoms with Crippen LogP contribution < -0.4 is 10.1 Å². The molecule has 1 unspecified atom stereocenters. The number of hydrogen-bond donors (Lipinski definition) is 1. The molecule has 0 saturated carbocycles. The molecular weight excluding hydrogens is 282 g/mol. The molecule has 1 N–H and O–H groups in total. The SMILES string of the molecule is CCNC(COC)Cc1cc(Br)ccc1OC. The summed E-state index contributed by atoms with van der Waals surface area (Å²) in [6, 6.07) is 6.38. The van der Waals surface area contributed by atoms with Crippen LogP contribution in [0.1, 0.15) is 12.5 Å². The molecule has 1 atom stereocenters. The molecule has 1 aromatic rings. The van der Waals surface area contributed by atoms with Gasteiger partial charge in [0.15, 0.2) is 0 Å². The van der Waals surface area contributed by atoms with Gasteiger partial charge < -0.3 is 14.8 Å². The molecular formula is C13H20BrNO2. The Kier molecular flexibility index (Phi) is 6.55. The predicted octanol–water partition coefficient (Wildman–Crippen LogP) is 2.62. The number of ether oxygens (including phenoxy) is 2. The molecule has 0 aliphatic rings. The molecule has 0 fully saturated rings. The molecule has 3 nitrogen and oxygen atoms in total. The minimum atomic E-state index is 0.313. The van der Waals surface area contributed by atoms with E-state index in [0.717, 1.165) is 23.2 Å². The van der Waals surface area contributed by atoms with Crippen molar-refractivity contribution < 1.29 is 9.47 Å². The monoisotopic (exact) mass is 301 g/mol. The van der Waals surface area contributed by atoms with Crippen molar-refractivity contribution in [2.24, 2.45) is 0 Å². The first-order valence-electron chi connectivity index (χ1n) is 5.76. The molecule has 0 amide bonds. The maximum atomic E-state index is 5.37. The molecule has 0 spiro atoms. The van der Waals surface area contributed by atoms with Crippen molar-refractivity contribution in [2.75, 3.05) is 27.4 Å². The predicted molar refractivity (Wildman–Crippen MR) is 73.7 cm³/mol. The fourth-order valence-corrected chi connectivity index (χ4v) is 2.26. The van der Waals surface area contributed by atoms with E-state index in [0.29, 0.717) is 12.6 Å². The van der Waals surface area contributed by atoms with Crippen molar-refractivity contribution in [3.63, 3.8) is 0 Å². The fourth-order valence-electron chi connectivity index (χ4n) is 1.85. The molecule has 1 aromatic carbocycles. The standard InChI is InChI=1S/C13H20BrNO2/c1-4-15-12(9-16-2)8-10-7-11(14)5-6-13(10)17-3/h5-7,12,15H,4,8-9H2,1-3H3. The van der Waals surface area contributed by atoms with Crippen LogP contribution in [0.15, 0.2) is 22.7 Å². The van der Waals surface area contributed by atoms with Crippen molar-refractivity contribution in [1.82, 2.24) is 5.32 Å². The molecule has 4 heteroatoms. The lowest BCUT2D eigenvalue weighted by Crippen LogP contribution is -2.35. The first-order chi connectivity index (χ1) is 8.21. The smallest absolute Gasteiger partial charge is 0.122 e. The van der Waals surface area contributed by atoms with E-state index in [1.165, 1.54) is 5.56 Å². The number of hydrogen-bond acceptors (Lipinski definition) is 3. The van der Waals surface area contributed by atoms with Crippen LogP contribution >= 0.6 is 15.9 Å². The largest absolute Gasteiger partial charge is 0.496 e. The summed E-state index contributed by atoms with van der Waals surface area (Å²) in [4.78, 5) is 0. The Hall–Kier alpha value is -0.580. The van der Waals surface area contributed by atoms with E-state index in [-0.39, 0.29) is 0 Å². The Bertz CT molecular complexity index is 338. The van der Waals surface area contributed by atoms with Gasteiger partial charge in [-0.05, 0) is 36.7 Å². The van der Waals surface area contributed by atoms with Crippen molar-refractivity contribution in [3.8, 4) is 5.75 Å². The number of likely N-dealkylation sites (N-methyl/N-ethyl adjacent to an activating group) is 1.